The molecule has 0 radical (unpaired) electrons. The number of carbonyl (C=O) groups is 2. The molecule has 0 spiro atoms. The predicted octanol–water partition coefficient (Wildman–Crippen LogP) is 3.48. The van der Waals surface area contributed by atoms with E-state index in [4.69, 9.17) is 0 Å². The van der Waals surface area contributed by atoms with E-state index in [0.29, 0.717) is 16.7 Å². The molecule has 28 heavy (non-hydrogen) atoms. The van der Waals surface area contributed by atoms with E-state index in [1.165, 1.54) is 0 Å². The van der Waals surface area contributed by atoms with E-state index < -0.39 is 0 Å². The largest absolute Gasteiger partial charge is 0.366 e. The quantitative estimate of drug-likeness (QED) is 0.773. The Balaban J connectivity index is 1.62. The maximum Gasteiger partial charge on any atom is 0.254 e. The van der Waals surface area contributed by atoms with Gasteiger partial charge in [0.1, 0.15) is 12.4 Å². The smallest absolute Gasteiger partial charge is 0.254 e. The molecule has 2 aromatic carbocycles. The van der Waals surface area contributed by atoms with Gasteiger partial charge in [-0.3, -0.25) is 9.59 Å². The molecule has 142 valence electrons. The standard InChI is InChI=1S/C23H23N3O2/c1-15-9-16(2)21(10-18(15)14-27)23(28)26-19-7-8-20(26)13-25(12-19)22-6-4-3-5-17(22)11-24/h3-6,9-10,14,19-20H,7-8,12-13H2,1-2H3. The number of amides is 1. The minimum absolute atomic E-state index is 0.0151. The van der Waals surface area contributed by atoms with Gasteiger partial charge >= 0.3 is 0 Å². The number of carbonyl (C=O) groups excluding carboxylic acids is 2. The first-order valence-electron chi connectivity index (χ1n) is 9.66. The van der Waals surface area contributed by atoms with Gasteiger partial charge in [-0.1, -0.05) is 18.2 Å². The average molecular weight is 373 g/mol. The minimum atomic E-state index is 0.0151. The topological polar surface area (TPSA) is 64.4 Å². The van der Waals surface area contributed by atoms with Gasteiger partial charge in [-0.15, -0.1) is 0 Å². The fraction of sp³-hybridized carbons (Fsp3) is 0.348. The minimum Gasteiger partial charge on any atom is -0.366 e. The molecule has 2 bridgehead atoms. The lowest BCUT2D eigenvalue weighted by molar-refractivity contribution is 0.0641. The van der Waals surface area contributed by atoms with E-state index >= 15 is 0 Å². The van der Waals surface area contributed by atoms with Crippen LogP contribution in [0.2, 0.25) is 0 Å². The van der Waals surface area contributed by atoms with Crippen LogP contribution in [0.5, 0.6) is 0 Å². The molecule has 2 aliphatic heterocycles. The maximum absolute atomic E-state index is 13.4. The van der Waals surface area contributed by atoms with Crippen molar-refractivity contribution in [3.05, 3.63) is 64.2 Å². The molecule has 0 saturated carbocycles. The summed E-state index contributed by atoms with van der Waals surface area (Å²) in [5.41, 5.74) is 4.61. The normalized spacial score (nSPS) is 20.8. The summed E-state index contributed by atoms with van der Waals surface area (Å²) in [6, 6.07) is 13.8. The van der Waals surface area contributed by atoms with Crippen LogP contribution >= 0.6 is 0 Å². The van der Waals surface area contributed by atoms with Crippen molar-refractivity contribution in [1.29, 1.82) is 5.26 Å². The number of piperazine rings is 1. The highest BCUT2D eigenvalue weighted by Gasteiger charge is 2.43. The Bertz CT molecular complexity index is 978. The average Bonchev–Trinajstić information content (AvgIpc) is 2.97. The number of nitrogens with zero attached hydrogens (tertiary/aromatic N) is 3. The second kappa shape index (κ2) is 7.12. The lowest BCUT2D eigenvalue weighted by atomic mass is 9.98. The first kappa shape index (κ1) is 18.2. The number of rotatable bonds is 3. The molecule has 0 N–H and O–H groups in total. The van der Waals surface area contributed by atoms with Crippen LogP contribution in [-0.4, -0.2) is 42.3 Å². The molecule has 2 atom stereocenters. The Morgan fingerprint density at radius 2 is 1.79 bits per heavy atom. The molecule has 2 unspecified atom stereocenters. The van der Waals surface area contributed by atoms with Crippen molar-refractivity contribution in [2.24, 2.45) is 0 Å². The van der Waals surface area contributed by atoms with E-state index in [-0.39, 0.29) is 18.0 Å². The SMILES string of the molecule is Cc1cc(C)c(C(=O)N2C3CCC2CN(c2ccccc2C#N)C3)cc1C=O. The molecule has 2 aromatic rings. The monoisotopic (exact) mass is 373 g/mol. The third-order valence-corrected chi connectivity index (χ3v) is 6.05. The number of benzene rings is 2. The molecule has 5 nitrogen and oxygen atoms in total. The molecule has 2 heterocycles. The Hall–Kier alpha value is -3.13. The van der Waals surface area contributed by atoms with Gasteiger partial charge in [0.2, 0.25) is 0 Å². The zero-order chi connectivity index (χ0) is 19.8. The summed E-state index contributed by atoms with van der Waals surface area (Å²) in [4.78, 5) is 29.0. The molecular weight excluding hydrogens is 350 g/mol. The number of nitriles is 1. The van der Waals surface area contributed by atoms with Crippen molar-refractivity contribution < 1.29 is 9.59 Å². The van der Waals surface area contributed by atoms with Gasteiger partial charge in [0.25, 0.3) is 5.91 Å². The van der Waals surface area contributed by atoms with Gasteiger partial charge in [0, 0.05) is 36.3 Å². The molecule has 5 heteroatoms. The number of fused-ring (bicyclic) bond motifs is 2. The van der Waals surface area contributed by atoms with E-state index in [1.807, 2.05) is 49.1 Å². The molecule has 4 rings (SSSR count). The van der Waals surface area contributed by atoms with Gasteiger partial charge < -0.3 is 9.80 Å². The van der Waals surface area contributed by atoms with Crippen LogP contribution in [0.1, 0.15) is 50.2 Å². The molecule has 0 aliphatic carbocycles. The summed E-state index contributed by atoms with van der Waals surface area (Å²) < 4.78 is 0. The molecule has 0 aromatic heterocycles. The van der Waals surface area contributed by atoms with Gasteiger partial charge in [0.05, 0.1) is 11.3 Å². The van der Waals surface area contributed by atoms with E-state index in [1.54, 1.807) is 6.07 Å². The number of hydrogen-bond acceptors (Lipinski definition) is 4. The summed E-state index contributed by atoms with van der Waals surface area (Å²) in [6.07, 6.45) is 2.75. The van der Waals surface area contributed by atoms with Crippen LogP contribution in [0.3, 0.4) is 0 Å². The molecular formula is C23H23N3O2. The molecule has 2 aliphatic rings. The third-order valence-electron chi connectivity index (χ3n) is 6.05. The van der Waals surface area contributed by atoms with Crippen molar-refractivity contribution in [3.63, 3.8) is 0 Å². The lowest BCUT2D eigenvalue weighted by Crippen LogP contribution is -2.56. The van der Waals surface area contributed by atoms with E-state index in [2.05, 4.69) is 11.0 Å². The highest BCUT2D eigenvalue weighted by molar-refractivity contribution is 5.98. The Labute approximate surface area is 165 Å². The van der Waals surface area contributed by atoms with E-state index in [9.17, 15) is 14.9 Å². The first-order valence-corrected chi connectivity index (χ1v) is 9.66. The first-order chi connectivity index (χ1) is 13.5. The second-order valence-corrected chi connectivity index (χ2v) is 7.77. The highest BCUT2D eigenvalue weighted by Crippen LogP contribution is 2.35. The summed E-state index contributed by atoms with van der Waals surface area (Å²) in [7, 11) is 0. The van der Waals surface area contributed by atoms with Gasteiger partial charge in [-0.25, -0.2) is 0 Å². The van der Waals surface area contributed by atoms with Crippen LogP contribution in [-0.2, 0) is 0 Å². The number of aldehydes is 1. The van der Waals surface area contributed by atoms with Crippen LogP contribution in [0.25, 0.3) is 0 Å². The maximum atomic E-state index is 13.4. The highest BCUT2D eigenvalue weighted by atomic mass is 16.2. The zero-order valence-corrected chi connectivity index (χ0v) is 16.2. The number of para-hydroxylation sites is 1. The van der Waals surface area contributed by atoms with Crippen LogP contribution < -0.4 is 4.90 Å². The molecule has 2 fully saturated rings. The third kappa shape index (κ3) is 2.95. The van der Waals surface area contributed by atoms with Gasteiger partial charge in [-0.05, 0) is 56.0 Å². The van der Waals surface area contributed by atoms with Crippen molar-refractivity contribution in [3.8, 4) is 6.07 Å². The van der Waals surface area contributed by atoms with Gasteiger partial charge in [0.15, 0.2) is 0 Å². The summed E-state index contributed by atoms with van der Waals surface area (Å²) >= 11 is 0. The Morgan fingerprint density at radius 1 is 1.11 bits per heavy atom. The molecule has 2 saturated heterocycles. The zero-order valence-electron chi connectivity index (χ0n) is 16.2. The molecule has 1 amide bonds. The fourth-order valence-corrected chi connectivity index (χ4v) is 4.64. The second-order valence-electron chi connectivity index (χ2n) is 7.77. The lowest BCUT2D eigenvalue weighted by Gasteiger charge is -2.42. The predicted molar refractivity (Wildman–Crippen MR) is 108 cm³/mol. The summed E-state index contributed by atoms with van der Waals surface area (Å²) in [5.74, 6) is 0.0151. The van der Waals surface area contributed by atoms with E-state index in [0.717, 1.165) is 49.0 Å². The van der Waals surface area contributed by atoms with Crippen molar-refractivity contribution >= 4 is 17.9 Å². The number of anilines is 1. The Morgan fingerprint density at radius 3 is 2.43 bits per heavy atom. The van der Waals surface area contributed by atoms with Crippen molar-refractivity contribution in [2.75, 3.05) is 18.0 Å². The van der Waals surface area contributed by atoms with Crippen molar-refractivity contribution in [1.82, 2.24) is 4.90 Å². The summed E-state index contributed by atoms with van der Waals surface area (Å²) in [6.45, 7) is 5.27. The van der Waals surface area contributed by atoms with Crippen LogP contribution in [0.4, 0.5) is 5.69 Å². The van der Waals surface area contributed by atoms with Crippen LogP contribution in [0, 0.1) is 25.2 Å². The van der Waals surface area contributed by atoms with Crippen molar-refractivity contribution in [2.45, 2.75) is 38.8 Å². The van der Waals surface area contributed by atoms with Crippen LogP contribution in [0.15, 0.2) is 36.4 Å². The fourth-order valence-electron chi connectivity index (χ4n) is 4.64. The van der Waals surface area contributed by atoms with Gasteiger partial charge in [-0.2, -0.15) is 5.26 Å². The number of hydrogen-bond donors (Lipinski definition) is 0. The number of aryl methyl sites for hydroxylation is 2. The summed E-state index contributed by atoms with van der Waals surface area (Å²) in [5, 5.41) is 9.42. The Kier molecular flexibility index (Phi) is 4.64.